The summed E-state index contributed by atoms with van der Waals surface area (Å²) in [5.41, 5.74) is 1.55. The second-order valence-electron chi connectivity index (χ2n) is 8.61. The van der Waals surface area contributed by atoms with Crippen LogP contribution in [0.4, 0.5) is 0 Å². The van der Waals surface area contributed by atoms with E-state index in [0.29, 0.717) is 37.7 Å². The van der Waals surface area contributed by atoms with E-state index in [1.807, 2.05) is 42.7 Å². The molecule has 160 valence electrons. The molecule has 0 saturated carbocycles. The van der Waals surface area contributed by atoms with Crippen molar-refractivity contribution in [1.29, 1.82) is 0 Å². The largest absolute Gasteiger partial charge is 0.340 e. The average molecular weight is 411 g/mol. The molecule has 0 radical (unpaired) electrons. The van der Waals surface area contributed by atoms with Gasteiger partial charge in [-0.05, 0) is 31.9 Å². The number of pyridine rings is 1. The highest BCUT2D eigenvalue weighted by molar-refractivity contribution is 5.94. The molecule has 4 rings (SSSR count). The SMILES string of the molecule is Cc1ccc(C(=O)N2CCC(c3nnc4n3CCN(C(=O)C(C)C)CC4)CC2)cn1. The van der Waals surface area contributed by atoms with Crippen molar-refractivity contribution in [2.24, 2.45) is 5.92 Å². The van der Waals surface area contributed by atoms with Gasteiger partial charge in [-0.1, -0.05) is 13.8 Å². The van der Waals surface area contributed by atoms with Gasteiger partial charge in [0.25, 0.3) is 5.91 Å². The first-order valence-electron chi connectivity index (χ1n) is 10.9. The molecule has 0 N–H and O–H groups in total. The van der Waals surface area contributed by atoms with Crippen molar-refractivity contribution in [1.82, 2.24) is 29.5 Å². The minimum atomic E-state index is 0.0126. The Labute approximate surface area is 177 Å². The second kappa shape index (κ2) is 8.53. The third kappa shape index (κ3) is 4.08. The smallest absolute Gasteiger partial charge is 0.255 e. The summed E-state index contributed by atoms with van der Waals surface area (Å²) in [6, 6.07) is 3.72. The molecule has 0 aliphatic carbocycles. The average Bonchev–Trinajstić information content (AvgIpc) is 3.04. The van der Waals surface area contributed by atoms with Crippen LogP contribution in [0.2, 0.25) is 0 Å². The molecular weight excluding hydrogens is 380 g/mol. The van der Waals surface area contributed by atoms with Gasteiger partial charge in [-0.25, -0.2) is 0 Å². The van der Waals surface area contributed by atoms with Crippen molar-refractivity contribution in [3.63, 3.8) is 0 Å². The van der Waals surface area contributed by atoms with Crippen LogP contribution in [0.15, 0.2) is 18.3 Å². The van der Waals surface area contributed by atoms with Gasteiger partial charge in [-0.2, -0.15) is 0 Å². The van der Waals surface area contributed by atoms with Gasteiger partial charge in [-0.3, -0.25) is 14.6 Å². The summed E-state index contributed by atoms with van der Waals surface area (Å²) in [4.78, 5) is 33.2. The molecular formula is C22H30N6O2. The molecule has 0 atom stereocenters. The Morgan fingerprint density at radius 2 is 1.77 bits per heavy atom. The van der Waals surface area contributed by atoms with Crippen molar-refractivity contribution in [3.05, 3.63) is 41.2 Å². The van der Waals surface area contributed by atoms with E-state index in [4.69, 9.17) is 0 Å². The van der Waals surface area contributed by atoms with Crippen LogP contribution in [0, 0.1) is 12.8 Å². The first kappa shape index (κ1) is 20.5. The van der Waals surface area contributed by atoms with Gasteiger partial charge in [0.1, 0.15) is 11.6 Å². The van der Waals surface area contributed by atoms with Gasteiger partial charge in [0.15, 0.2) is 0 Å². The zero-order valence-corrected chi connectivity index (χ0v) is 18.0. The number of carbonyl (C=O) groups is 2. The monoisotopic (exact) mass is 410 g/mol. The van der Waals surface area contributed by atoms with Crippen molar-refractivity contribution in [3.8, 4) is 0 Å². The Kier molecular flexibility index (Phi) is 5.83. The summed E-state index contributed by atoms with van der Waals surface area (Å²) < 4.78 is 2.21. The van der Waals surface area contributed by atoms with E-state index < -0.39 is 0 Å². The van der Waals surface area contributed by atoms with Gasteiger partial charge in [0.05, 0.1) is 5.56 Å². The highest BCUT2D eigenvalue weighted by atomic mass is 16.2. The number of rotatable bonds is 3. The molecule has 8 nitrogen and oxygen atoms in total. The van der Waals surface area contributed by atoms with Crippen LogP contribution in [-0.4, -0.2) is 67.5 Å². The summed E-state index contributed by atoms with van der Waals surface area (Å²) in [6.07, 6.45) is 4.14. The first-order valence-corrected chi connectivity index (χ1v) is 10.9. The van der Waals surface area contributed by atoms with Gasteiger partial charge in [0, 0.05) is 62.9 Å². The lowest BCUT2D eigenvalue weighted by Crippen LogP contribution is -2.38. The molecule has 0 aromatic carbocycles. The fourth-order valence-electron chi connectivity index (χ4n) is 4.35. The maximum atomic E-state index is 12.8. The molecule has 2 aliphatic heterocycles. The molecule has 2 aromatic heterocycles. The van der Waals surface area contributed by atoms with E-state index in [1.165, 1.54) is 0 Å². The number of fused-ring (bicyclic) bond motifs is 1. The topological polar surface area (TPSA) is 84.2 Å². The fourth-order valence-corrected chi connectivity index (χ4v) is 4.35. The molecule has 1 saturated heterocycles. The Morgan fingerprint density at radius 3 is 2.43 bits per heavy atom. The molecule has 0 unspecified atom stereocenters. The molecule has 2 amide bonds. The molecule has 4 heterocycles. The van der Waals surface area contributed by atoms with E-state index in [1.54, 1.807) is 6.20 Å². The number of amides is 2. The van der Waals surface area contributed by atoms with Crippen LogP contribution in [0.5, 0.6) is 0 Å². The summed E-state index contributed by atoms with van der Waals surface area (Å²) in [6.45, 7) is 9.36. The van der Waals surface area contributed by atoms with E-state index in [0.717, 1.165) is 43.1 Å². The summed E-state index contributed by atoms with van der Waals surface area (Å²) >= 11 is 0. The number of piperidine rings is 1. The molecule has 1 fully saturated rings. The third-order valence-electron chi connectivity index (χ3n) is 6.17. The first-order chi connectivity index (χ1) is 14.4. The number of hydrogen-bond acceptors (Lipinski definition) is 5. The molecule has 8 heteroatoms. The van der Waals surface area contributed by atoms with Crippen LogP contribution in [0.3, 0.4) is 0 Å². The lowest BCUT2D eigenvalue weighted by molar-refractivity contribution is -0.134. The Balaban J connectivity index is 1.40. The third-order valence-corrected chi connectivity index (χ3v) is 6.17. The zero-order chi connectivity index (χ0) is 21.3. The zero-order valence-electron chi connectivity index (χ0n) is 18.0. The highest BCUT2D eigenvalue weighted by Crippen LogP contribution is 2.29. The maximum Gasteiger partial charge on any atom is 0.255 e. The Hall–Kier alpha value is -2.77. The highest BCUT2D eigenvalue weighted by Gasteiger charge is 2.30. The fraction of sp³-hybridized carbons (Fsp3) is 0.591. The van der Waals surface area contributed by atoms with Crippen molar-refractivity contribution >= 4 is 11.8 Å². The standard InChI is InChI=1S/C22H30N6O2/c1-15(2)21(29)27-11-8-19-24-25-20(28(19)13-12-27)17-6-9-26(10-7-17)22(30)18-5-4-16(3)23-14-18/h4-5,14-15,17H,6-13H2,1-3H3. The lowest BCUT2D eigenvalue weighted by atomic mass is 9.95. The minimum absolute atomic E-state index is 0.0126. The Morgan fingerprint density at radius 1 is 1.00 bits per heavy atom. The van der Waals surface area contributed by atoms with Gasteiger partial charge in [-0.15, -0.1) is 10.2 Å². The number of nitrogens with zero attached hydrogens (tertiary/aromatic N) is 6. The molecule has 30 heavy (non-hydrogen) atoms. The van der Waals surface area contributed by atoms with E-state index >= 15 is 0 Å². The predicted octanol–water partition coefficient (Wildman–Crippen LogP) is 2.04. The molecule has 2 aliphatic rings. The van der Waals surface area contributed by atoms with E-state index in [-0.39, 0.29) is 17.7 Å². The molecule has 2 aromatic rings. The summed E-state index contributed by atoms with van der Waals surface area (Å²) in [5.74, 6) is 2.52. The minimum Gasteiger partial charge on any atom is -0.340 e. The Bertz CT molecular complexity index is 912. The van der Waals surface area contributed by atoms with Crippen molar-refractivity contribution in [2.75, 3.05) is 26.2 Å². The number of hydrogen-bond donors (Lipinski definition) is 0. The summed E-state index contributed by atoms with van der Waals surface area (Å²) in [5, 5.41) is 8.93. The van der Waals surface area contributed by atoms with Gasteiger partial charge < -0.3 is 14.4 Å². The van der Waals surface area contributed by atoms with E-state index in [2.05, 4.69) is 19.7 Å². The number of carbonyl (C=O) groups excluding carboxylic acids is 2. The number of aryl methyl sites for hydroxylation is 1. The second-order valence-corrected chi connectivity index (χ2v) is 8.61. The van der Waals surface area contributed by atoms with Gasteiger partial charge in [0.2, 0.25) is 5.91 Å². The van der Waals surface area contributed by atoms with E-state index in [9.17, 15) is 9.59 Å². The normalized spacial score (nSPS) is 17.7. The van der Waals surface area contributed by atoms with Gasteiger partial charge >= 0.3 is 0 Å². The molecule has 0 bridgehead atoms. The summed E-state index contributed by atoms with van der Waals surface area (Å²) in [7, 11) is 0. The van der Waals surface area contributed by atoms with Crippen LogP contribution < -0.4 is 0 Å². The predicted molar refractivity (Wildman–Crippen MR) is 112 cm³/mol. The quantitative estimate of drug-likeness (QED) is 0.773. The van der Waals surface area contributed by atoms with Crippen molar-refractivity contribution < 1.29 is 9.59 Å². The van der Waals surface area contributed by atoms with Crippen molar-refractivity contribution in [2.45, 2.75) is 52.5 Å². The lowest BCUT2D eigenvalue weighted by Gasteiger charge is -2.31. The van der Waals surface area contributed by atoms with Crippen LogP contribution in [0.1, 0.15) is 60.3 Å². The van der Waals surface area contributed by atoms with Crippen LogP contribution in [-0.2, 0) is 17.8 Å². The van der Waals surface area contributed by atoms with Crippen LogP contribution >= 0.6 is 0 Å². The van der Waals surface area contributed by atoms with Crippen LogP contribution in [0.25, 0.3) is 0 Å². The number of likely N-dealkylation sites (tertiary alicyclic amines) is 1. The molecule has 0 spiro atoms. The maximum absolute atomic E-state index is 12.8. The number of aromatic nitrogens is 4.